The number of hydrogen-bond donors (Lipinski definition) is 1. The maximum Gasteiger partial charge on any atom is 0.0766 e. The summed E-state index contributed by atoms with van der Waals surface area (Å²) in [5.74, 6) is 0.967. The van der Waals surface area contributed by atoms with Crippen LogP contribution in [0.5, 0.6) is 0 Å². The zero-order chi connectivity index (χ0) is 14.9. The minimum Gasteiger partial charge on any atom is -0.389 e. The Kier molecular flexibility index (Phi) is 4.96. The smallest absolute Gasteiger partial charge is 0.0766 e. The van der Waals surface area contributed by atoms with Gasteiger partial charge in [-0.25, -0.2) is 0 Å². The first-order valence-corrected chi connectivity index (χ1v) is 8.67. The van der Waals surface area contributed by atoms with Gasteiger partial charge in [0.1, 0.15) is 0 Å². The van der Waals surface area contributed by atoms with Gasteiger partial charge in [0.25, 0.3) is 0 Å². The van der Waals surface area contributed by atoms with Crippen LogP contribution in [0.15, 0.2) is 4.47 Å². The fraction of sp³-hybridized carbons (Fsp3) is 0.812. The third-order valence-electron chi connectivity index (χ3n) is 4.88. The molecule has 3 nitrogen and oxygen atoms in total. The lowest BCUT2D eigenvalue weighted by Crippen LogP contribution is -2.44. The minimum atomic E-state index is -0.585. The van der Waals surface area contributed by atoms with Crippen LogP contribution >= 0.6 is 15.9 Å². The first-order valence-electron chi connectivity index (χ1n) is 7.87. The summed E-state index contributed by atoms with van der Waals surface area (Å²) in [5.41, 5.74) is 1.67. The molecule has 0 bridgehead atoms. The maximum atomic E-state index is 11.1. The standard InChI is InChI=1S/C16H27BrN2O/c1-5-13-15(17)14(19(6-2)18-13)10-16(20)9-11(3)7-8-12(16)4/h11-12,20H,5-10H2,1-4H3. The number of aryl methyl sites for hydroxylation is 2. The Morgan fingerprint density at radius 3 is 2.65 bits per heavy atom. The molecule has 2 rings (SSSR count). The van der Waals surface area contributed by atoms with E-state index in [4.69, 9.17) is 0 Å². The van der Waals surface area contributed by atoms with Crippen molar-refractivity contribution in [2.75, 3.05) is 0 Å². The Labute approximate surface area is 130 Å². The van der Waals surface area contributed by atoms with Crippen molar-refractivity contribution >= 4 is 15.9 Å². The highest BCUT2D eigenvalue weighted by Crippen LogP contribution is 2.40. The molecule has 1 aromatic rings. The Balaban J connectivity index is 2.30. The summed E-state index contributed by atoms with van der Waals surface area (Å²) in [6.45, 7) is 9.53. The van der Waals surface area contributed by atoms with Gasteiger partial charge in [0, 0.05) is 13.0 Å². The van der Waals surface area contributed by atoms with Crippen molar-refractivity contribution in [2.45, 2.75) is 71.9 Å². The summed E-state index contributed by atoms with van der Waals surface area (Å²) in [7, 11) is 0. The van der Waals surface area contributed by atoms with E-state index in [1.807, 2.05) is 4.68 Å². The van der Waals surface area contributed by atoms with Crippen LogP contribution in [0, 0.1) is 11.8 Å². The number of rotatable bonds is 4. The van der Waals surface area contributed by atoms with E-state index in [1.165, 1.54) is 6.42 Å². The normalized spacial score (nSPS) is 30.7. The van der Waals surface area contributed by atoms with Gasteiger partial charge in [-0.1, -0.05) is 27.2 Å². The second-order valence-corrected chi connectivity index (χ2v) is 7.24. The van der Waals surface area contributed by atoms with Gasteiger partial charge in [0.2, 0.25) is 0 Å². The van der Waals surface area contributed by atoms with Crippen molar-refractivity contribution in [2.24, 2.45) is 11.8 Å². The molecule has 0 radical (unpaired) electrons. The van der Waals surface area contributed by atoms with Gasteiger partial charge in [-0.15, -0.1) is 0 Å². The molecule has 0 spiro atoms. The van der Waals surface area contributed by atoms with Gasteiger partial charge in [0.05, 0.1) is 21.5 Å². The lowest BCUT2D eigenvalue weighted by Gasteiger charge is -2.41. The highest BCUT2D eigenvalue weighted by atomic mass is 79.9. The molecule has 1 aromatic heterocycles. The van der Waals surface area contributed by atoms with E-state index in [9.17, 15) is 5.11 Å². The average Bonchev–Trinajstić information content (AvgIpc) is 2.71. The Hall–Kier alpha value is -0.350. The molecule has 1 fully saturated rings. The predicted molar refractivity (Wildman–Crippen MR) is 85.8 cm³/mol. The van der Waals surface area contributed by atoms with Crippen LogP contribution in [0.3, 0.4) is 0 Å². The third-order valence-corrected chi connectivity index (χ3v) is 5.79. The molecule has 1 N–H and O–H groups in total. The lowest BCUT2D eigenvalue weighted by molar-refractivity contribution is -0.0574. The SMILES string of the molecule is CCc1nn(CC)c(CC2(O)CC(C)CCC2C)c1Br. The molecule has 1 heterocycles. The molecule has 3 unspecified atom stereocenters. The van der Waals surface area contributed by atoms with Crippen molar-refractivity contribution in [3.8, 4) is 0 Å². The highest BCUT2D eigenvalue weighted by Gasteiger charge is 2.40. The molecule has 4 heteroatoms. The van der Waals surface area contributed by atoms with E-state index >= 15 is 0 Å². The van der Waals surface area contributed by atoms with E-state index < -0.39 is 5.60 Å². The minimum absolute atomic E-state index is 0.357. The lowest BCUT2D eigenvalue weighted by atomic mass is 9.70. The molecule has 1 aliphatic rings. The van der Waals surface area contributed by atoms with Crippen LogP contribution in [0.2, 0.25) is 0 Å². The molecule has 3 atom stereocenters. The van der Waals surface area contributed by atoms with E-state index in [-0.39, 0.29) is 0 Å². The summed E-state index contributed by atoms with van der Waals surface area (Å²) in [4.78, 5) is 0. The first kappa shape index (κ1) is 16.0. The molecule has 1 saturated carbocycles. The van der Waals surface area contributed by atoms with Crippen LogP contribution in [-0.2, 0) is 19.4 Å². The highest BCUT2D eigenvalue weighted by molar-refractivity contribution is 9.10. The zero-order valence-corrected chi connectivity index (χ0v) is 14.7. The summed E-state index contributed by atoms with van der Waals surface area (Å²) in [6.07, 6.45) is 4.88. The summed E-state index contributed by atoms with van der Waals surface area (Å²) < 4.78 is 3.15. The van der Waals surface area contributed by atoms with Gasteiger partial charge in [-0.2, -0.15) is 5.10 Å². The number of aliphatic hydroxyl groups is 1. The average molecular weight is 343 g/mol. The second kappa shape index (κ2) is 6.18. The third kappa shape index (κ3) is 2.96. The van der Waals surface area contributed by atoms with E-state index in [2.05, 4.69) is 48.7 Å². The van der Waals surface area contributed by atoms with E-state index in [1.54, 1.807) is 0 Å². The molecule has 0 aliphatic heterocycles. The van der Waals surface area contributed by atoms with Crippen LogP contribution < -0.4 is 0 Å². The first-order chi connectivity index (χ1) is 9.41. The van der Waals surface area contributed by atoms with Gasteiger partial charge < -0.3 is 5.11 Å². The molecule has 1 aliphatic carbocycles. The van der Waals surface area contributed by atoms with E-state index in [0.717, 1.165) is 41.7 Å². The summed E-state index contributed by atoms with van der Waals surface area (Å²) in [6, 6.07) is 0. The van der Waals surface area contributed by atoms with Gasteiger partial charge >= 0.3 is 0 Å². The predicted octanol–water partition coefficient (Wildman–Crippen LogP) is 3.96. The van der Waals surface area contributed by atoms with Gasteiger partial charge in [0.15, 0.2) is 0 Å². The summed E-state index contributed by atoms with van der Waals surface area (Å²) >= 11 is 3.69. The van der Waals surface area contributed by atoms with Crippen molar-refractivity contribution in [1.82, 2.24) is 9.78 Å². The number of aromatic nitrogens is 2. The number of halogens is 1. The van der Waals surface area contributed by atoms with Crippen molar-refractivity contribution in [3.05, 3.63) is 15.9 Å². The Morgan fingerprint density at radius 1 is 1.35 bits per heavy atom. The van der Waals surface area contributed by atoms with E-state index in [0.29, 0.717) is 18.3 Å². The Bertz CT molecular complexity index is 471. The van der Waals surface area contributed by atoms with Crippen LogP contribution in [0.25, 0.3) is 0 Å². The van der Waals surface area contributed by atoms with Gasteiger partial charge in [-0.3, -0.25) is 4.68 Å². The number of hydrogen-bond acceptors (Lipinski definition) is 2. The van der Waals surface area contributed by atoms with Gasteiger partial charge in [-0.05, 0) is 54.0 Å². The van der Waals surface area contributed by atoms with Crippen molar-refractivity contribution in [3.63, 3.8) is 0 Å². The molecule has 0 amide bonds. The Morgan fingerprint density at radius 2 is 2.05 bits per heavy atom. The van der Waals surface area contributed by atoms with Crippen molar-refractivity contribution in [1.29, 1.82) is 0 Å². The molecule has 0 saturated heterocycles. The van der Waals surface area contributed by atoms with Crippen LogP contribution in [0.4, 0.5) is 0 Å². The molecule has 114 valence electrons. The zero-order valence-electron chi connectivity index (χ0n) is 13.1. The quantitative estimate of drug-likeness (QED) is 0.899. The fourth-order valence-corrected chi connectivity index (χ4v) is 4.14. The van der Waals surface area contributed by atoms with Crippen LogP contribution in [0.1, 0.15) is 58.3 Å². The maximum absolute atomic E-state index is 11.1. The van der Waals surface area contributed by atoms with Crippen molar-refractivity contribution < 1.29 is 5.11 Å². The molecule has 0 aromatic carbocycles. The fourth-order valence-electron chi connectivity index (χ4n) is 3.43. The molecule has 20 heavy (non-hydrogen) atoms. The molecular weight excluding hydrogens is 316 g/mol. The second-order valence-electron chi connectivity index (χ2n) is 6.44. The monoisotopic (exact) mass is 342 g/mol. The topological polar surface area (TPSA) is 38.0 Å². The molecular formula is C16H27BrN2O. The number of nitrogens with zero attached hydrogens (tertiary/aromatic N) is 2. The largest absolute Gasteiger partial charge is 0.389 e. The van der Waals surface area contributed by atoms with Crippen LogP contribution in [-0.4, -0.2) is 20.5 Å². The summed E-state index contributed by atoms with van der Waals surface area (Å²) in [5, 5.41) is 15.8.